The van der Waals surface area contributed by atoms with E-state index in [0.717, 1.165) is 0 Å². The van der Waals surface area contributed by atoms with E-state index in [-0.39, 0.29) is 36.9 Å². The third-order valence-electron chi connectivity index (χ3n) is 4.03. The predicted molar refractivity (Wildman–Crippen MR) is 115 cm³/mol. The fourth-order valence-electron chi connectivity index (χ4n) is 2.45. The zero-order valence-electron chi connectivity index (χ0n) is 16.0. The Labute approximate surface area is 180 Å². The van der Waals surface area contributed by atoms with Gasteiger partial charge in [0.15, 0.2) is 5.13 Å². The van der Waals surface area contributed by atoms with Gasteiger partial charge in [-0.15, -0.1) is 22.7 Å². The smallest absolute Gasteiger partial charge is 0.267 e. The number of amides is 3. The second-order valence-corrected chi connectivity index (χ2v) is 8.13. The van der Waals surface area contributed by atoms with Crippen molar-refractivity contribution < 1.29 is 18.8 Å². The number of carbonyl (C=O) groups excluding carboxylic acids is 3. The summed E-state index contributed by atoms with van der Waals surface area (Å²) in [6.07, 6.45) is 0.0580. The molecule has 10 heteroatoms. The molecule has 0 atom stereocenters. The lowest BCUT2D eigenvalue weighted by Gasteiger charge is -2.07. The first-order chi connectivity index (χ1) is 14.4. The number of nitrogens with zero attached hydrogens (tertiary/aromatic N) is 1. The van der Waals surface area contributed by atoms with E-state index in [1.54, 1.807) is 30.5 Å². The van der Waals surface area contributed by atoms with Crippen LogP contribution in [0.2, 0.25) is 0 Å². The van der Waals surface area contributed by atoms with Crippen LogP contribution in [0.25, 0.3) is 0 Å². The monoisotopic (exact) mass is 446 g/mol. The lowest BCUT2D eigenvalue weighted by molar-refractivity contribution is -0.120. The van der Waals surface area contributed by atoms with E-state index in [4.69, 9.17) is 0 Å². The second-order valence-electron chi connectivity index (χ2n) is 6.32. The maximum atomic E-state index is 13.5. The first-order valence-corrected chi connectivity index (χ1v) is 10.8. The molecule has 1 aromatic carbocycles. The molecule has 156 valence electrons. The summed E-state index contributed by atoms with van der Waals surface area (Å²) in [5, 5.41) is 11.9. The first kappa shape index (κ1) is 21.6. The molecule has 30 heavy (non-hydrogen) atoms. The first-order valence-electron chi connectivity index (χ1n) is 9.02. The van der Waals surface area contributed by atoms with E-state index in [9.17, 15) is 18.8 Å². The van der Waals surface area contributed by atoms with Crippen LogP contribution < -0.4 is 16.0 Å². The number of aromatic nitrogens is 1. The van der Waals surface area contributed by atoms with Crippen molar-refractivity contribution in [1.29, 1.82) is 0 Å². The Morgan fingerprint density at radius 2 is 1.87 bits per heavy atom. The van der Waals surface area contributed by atoms with E-state index in [1.807, 2.05) is 5.38 Å². The molecule has 0 bridgehead atoms. The minimum absolute atomic E-state index is 0.0580. The lowest BCUT2D eigenvalue weighted by atomic mass is 10.1. The Kier molecular flexibility index (Phi) is 7.26. The number of nitrogens with one attached hydrogen (secondary N) is 3. The van der Waals surface area contributed by atoms with Crippen LogP contribution in [-0.4, -0.2) is 35.8 Å². The van der Waals surface area contributed by atoms with Gasteiger partial charge in [-0.25, -0.2) is 9.37 Å². The van der Waals surface area contributed by atoms with Gasteiger partial charge in [-0.2, -0.15) is 0 Å². The standard InChI is InChI=1S/C20H19FN4O3S2/c1-12-4-5-13(9-15(12)21)18(27)23-7-6-22-17(26)10-14-11-30-20(24-14)25-19(28)16-3-2-8-29-16/h2-5,8-9,11H,6-7,10H2,1H3,(H,22,26)(H,23,27)(H,24,25,28). The van der Waals surface area contributed by atoms with Gasteiger partial charge in [0.1, 0.15) is 5.82 Å². The summed E-state index contributed by atoms with van der Waals surface area (Å²) >= 11 is 2.58. The van der Waals surface area contributed by atoms with Gasteiger partial charge in [0, 0.05) is 24.0 Å². The minimum atomic E-state index is -0.440. The Bertz CT molecular complexity index is 1050. The van der Waals surface area contributed by atoms with Crippen LogP contribution >= 0.6 is 22.7 Å². The van der Waals surface area contributed by atoms with Crippen molar-refractivity contribution in [1.82, 2.24) is 15.6 Å². The van der Waals surface area contributed by atoms with Crippen LogP contribution in [0.4, 0.5) is 9.52 Å². The summed E-state index contributed by atoms with van der Waals surface area (Å²) in [6, 6.07) is 7.77. The molecule has 2 heterocycles. The summed E-state index contributed by atoms with van der Waals surface area (Å²) in [6.45, 7) is 2.06. The van der Waals surface area contributed by atoms with Crippen molar-refractivity contribution in [3.8, 4) is 0 Å². The minimum Gasteiger partial charge on any atom is -0.354 e. The van der Waals surface area contributed by atoms with Crippen LogP contribution in [0.3, 0.4) is 0 Å². The molecule has 0 spiro atoms. The normalized spacial score (nSPS) is 10.5. The highest BCUT2D eigenvalue weighted by Crippen LogP contribution is 2.18. The Balaban J connectivity index is 1.38. The Morgan fingerprint density at radius 3 is 2.60 bits per heavy atom. The average Bonchev–Trinajstić information content (AvgIpc) is 3.39. The summed E-state index contributed by atoms with van der Waals surface area (Å²) in [4.78, 5) is 40.8. The van der Waals surface area contributed by atoms with Gasteiger partial charge in [-0.05, 0) is 36.1 Å². The van der Waals surface area contributed by atoms with Crippen molar-refractivity contribution in [2.75, 3.05) is 18.4 Å². The van der Waals surface area contributed by atoms with E-state index in [0.29, 0.717) is 21.3 Å². The molecule has 0 radical (unpaired) electrons. The molecule has 0 unspecified atom stereocenters. The van der Waals surface area contributed by atoms with Gasteiger partial charge in [-0.1, -0.05) is 12.1 Å². The number of carbonyl (C=O) groups is 3. The number of benzene rings is 1. The lowest BCUT2D eigenvalue weighted by Crippen LogP contribution is -2.35. The van der Waals surface area contributed by atoms with Crippen molar-refractivity contribution in [2.24, 2.45) is 0 Å². The number of aryl methyl sites for hydroxylation is 1. The highest BCUT2D eigenvalue weighted by atomic mass is 32.1. The highest BCUT2D eigenvalue weighted by Gasteiger charge is 2.12. The number of anilines is 1. The molecule has 3 aromatic rings. The van der Waals surface area contributed by atoms with Crippen molar-refractivity contribution in [3.05, 3.63) is 68.6 Å². The Hall–Kier alpha value is -3.11. The van der Waals surface area contributed by atoms with Gasteiger partial charge in [0.25, 0.3) is 11.8 Å². The molecular formula is C20H19FN4O3S2. The molecule has 0 aliphatic heterocycles. The molecule has 0 saturated carbocycles. The van der Waals surface area contributed by atoms with Crippen LogP contribution in [-0.2, 0) is 11.2 Å². The third-order valence-corrected chi connectivity index (χ3v) is 5.70. The quantitative estimate of drug-likeness (QED) is 0.463. The predicted octanol–water partition coefficient (Wildman–Crippen LogP) is 2.99. The van der Waals surface area contributed by atoms with Crippen molar-refractivity contribution in [2.45, 2.75) is 13.3 Å². The average molecular weight is 447 g/mol. The molecular weight excluding hydrogens is 427 g/mol. The zero-order chi connectivity index (χ0) is 21.5. The maximum absolute atomic E-state index is 13.5. The number of hydrogen-bond acceptors (Lipinski definition) is 6. The fraction of sp³-hybridized carbons (Fsp3) is 0.200. The topological polar surface area (TPSA) is 100 Å². The number of halogens is 1. The van der Waals surface area contributed by atoms with E-state index in [1.165, 1.54) is 34.8 Å². The van der Waals surface area contributed by atoms with Crippen LogP contribution in [0, 0.1) is 12.7 Å². The summed E-state index contributed by atoms with van der Waals surface area (Å²) < 4.78 is 13.5. The zero-order valence-corrected chi connectivity index (χ0v) is 17.7. The summed E-state index contributed by atoms with van der Waals surface area (Å²) in [5.41, 5.74) is 1.23. The molecule has 3 amide bonds. The summed E-state index contributed by atoms with van der Waals surface area (Å²) in [5.74, 6) is -1.34. The van der Waals surface area contributed by atoms with Gasteiger partial charge < -0.3 is 10.6 Å². The fourth-order valence-corrected chi connectivity index (χ4v) is 3.78. The van der Waals surface area contributed by atoms with E-state index in [2.05, 4.69) is 20.9 Å². The van der Waals surface area contributed by atoms with Crippen LogP contribution in [0.5, 0.6) is 0 Å². The SMILES string of the molecule is Cc1ccc(C(=O)NCCNC(=O)Cc2csc(NC(=O)c3cccs3)n2)cc1F. The molecule has 0 saturated heterocycles. The molecule has 0 fully saturated rings. The number of thiazole rings is 1. The maximum Gasteiger partial charge on any atom is 0.267 e. The van der Waals surface area contributed by atoms with Crippen molar-refractivity contribution in [3.63, 3.8) is 0 Å². The third kappa shape index (κ3) is 5.94. The second kappa shape index (κ2) is 10.1. The number of rotatable bonds is 8. The molecule has 7 nitrogen and oxygen atoms in total. The van der Waals surface area contributed by atoms with Gasteiger partial charge in [0.05, 0.1) is 17.0 Å². The van der Waals surface area contributed by atoms with Crippen LogP contribution in [0.15, 0.2) is 41.1 Å². The van der Waals surface area contributed by atoms with E-state index >= 15 is 0 Å². The van der Waals surface area contributed by atoms with Gasteiger partial charge in [0.2, 0.25) is 5.91 Å². The Morgan fingerprint density at radius 1 is 1.07 bits per heavy atom. The molecule has 2 aromatic heterocycles. The van der Waals surface area contributed by atoms with Gasteiger partial charge >= 0.3 is 0 Å². The molecule has 0 aliphatic carbocycles. The number of thiophene rings is 1. The molecule has 0 aliphatic rings. The molecule has 3 N–H and O–H groups in total. The largest absolute Gasteiger partial charge is 0.354 e. The van der Waals surface area contributed by atoms with E-state index < -0.39 is 11.7 Å². The van der Waals surface area contributed by atoms with Crippen LogP contribution in [0.1, 0.15) is 31.3 Å². The van der Waals surface area contributed by atoms with Gasteiger partial charge in [-0.3, -0.25) is 19.7 Å². The molecule has 3 rings (SSSR count). The van der Waals surface area contributed by atoms with Crippen molar-refractivity contribution >= 4 is 45.5 Å². The highest BCUT2D eigenvalue weighted by molar-refractivity contribution is 7.14. The summed E-state index contributed by atoms with van der Waals surface area (Å²) in [7, 11) is 0. The number of hydrogen-bond donors (Lipinski definition) is 3.